The van der Waals surface area contributed by atoms with Crippen LogP contribution in [0.15, 0.2) is 48.5 Å². The van der Waals surface area contributed by atoms with Crippen molar-refractivity contribution in [1.82, 2.24) is 5.32 Å². The van der Waals surface area contributed by atoms with E-state index in [4.69, 9.17) is 4.74 Å². The molecule has 25 heavy (non-hydrogen) atoms. The number of hydrogen-bond donors (Lipinski definition) is 2. The van der Waals surface area contributed by atoms with Crippen LogP contribution in [0.2, 0.25) is 0 Å². The molecule has 0 spiro atoms. The molecule has 3 amide bonds. The lowest BCUT2D eigenvalue weighted by Crippen LogP contribution is -2.43. The predicted molar refractivity (Wildman–Crippen MR) is 92.3 cm³/mol. The smallest absolute Gasteiger partial charge is 0.319 e. The van der Waals surface area contributed by atoms with Crippen molar-refractivity contribution in [2.75, 3.05) is 23.9 Å². The average Bonchev–Trinajstić information content (AvgIpc) is 2.97. The van der Waals surface area contributed by atoms with E-state index >= 15 is 0 Å². The summed E-state index contributed by atoms with van der Waals surface area (Å²) in [4.78, 5) is 26.1. The maximum atomic E-state index is 13.0. The molecular formula is C18H18FN3O3. The first-order valence-electron chi connectivity index (χ1n) is 7.85. The van der Waals surface area contributed by atoms with E-state index in [0.29, 0.717) is 30.1 Å². The van der Waals surface area contributed by atoms with Crippen LogP contribution in [-0.4, -0.2) is 31.6 Å². The molecule has 0 aliphatic carbocycles. The van der Waals surface area contributed by atoms with Gasteiger partial charge in [0.05, 0.1) is 7.11 Å². The topological polar surface area (TPSA) is 70.7 Å². The van der Waals surface area contributed by atoms with Crippen LogP contribution in [0.4, 0.5) is 20.6 Å². The van der Waals surface area contributed by atoms with Gasteiger partial charge in [-0.2, -0.15) is 0 Å². The highest BCUT2D eigenvalue weighted by Crippen LogP contribution is 2.22. The van der Waals surface area contributed by atoms with E-state index in [1.165, 1.54) is 17.0 Å². The Bertz CT molecular complexity index is 762. The maximum Gasteiger partial charge on any atom is 0.319 e. The first-order chi connectivity index (χ1) is 12.1. The largest absolute Gasteiger partial charge is 0.497 e. The van der Waals surface area contributed by atoms with Gasteiger partial charge < -0.3 is 20.3 Å². The van der Waals surface area contributed by atoms with Crippen LogP contribution < -0.4 is 20.3 Å². The molecule has 0 unspecified atom stereocenters. The van der Waals surface area contributed by atoms with Gasteiger partial charge in [-0.3, -0.25) is 4.79 Å². The molecule has 0 aromatic heterocycles. The maximum absolute atomic E-state index is 13.0. The third-order valence-corrected chi connectivity index (χ3v) is 4.00. The monoisotopic (exact) mass is 343 g/mol. The molecule has 1 aliphatic rings. The molecule has 6 nitrogen and oxygen atoms in total. The van der Waals surface area contributed by atoms with Crippen molar-refractivity contribution >= 4 is 23.3 Å². The zero-order valence-electron chi connectivity index (χ0n) is 13.7. The van der Waals surface area contributed by atoms with Crippen LogP contribution >= 0.6 is 0 Å². The van der Waals surface area contributed by atoms with Crippen LogP contribution in [-0.2, 0) is 4.79 Å². The number of anilines is 2. The second kappa shape index (κ2) is 7.21. The summed E-state index contributed by atoms with van der Waals surface area (Å²) >= 11 is 0. The van der Waals surface area contributed by atoms with Gasteiger partial charge in [0.2, 0.25) is 5.91 Å². The second-order valence-electron chi connectivity index (χ2n) is 5.63. The number of carbonyl (C=O) groups is 2. The number of benzene rings is 2. The molecule has 2 N–H and O–H groups in total. The number of halogens is 1. The molecule has 1 atom stereocenters. The Labute approximate surface area is 144 Å². The summed E-state index contributed by atoms with van der Waals surface area (Å²) in [6.45, 7) is 0.470. The summed E-state index contributed by atoms with van der Waals surface area (Å²) < 4.78 is 18.1. The summed E-state index contributed by atoms with van der Waals surface area (Å²) in [5, 5.41) is 5.35. The molecular weight excluding hydrogens is 325 g/mol. The molecule has 3 rings (SSSR count). The Morgan fingerprint density at radius 2 is 1.84 bits per heavy atom. The second-order valence-corrected chi connectivity index (χ2v) is 5.63. The van der Waals surface area contributed by atoms with Crippen LogP contribution in [0.5, 0.6) is 5.75 Å². The van der Waals surface area contributed by atoms with Crippen molar-refractivity contribution in [3.05, 3.63) is 54.3 Å². The first-order valence-corrected chi connectivity index (χ1v) is 7.85. The van der Waals surface area contributed by atoms with Crippen LogP contribution in [0, 0.1) is 5.82 Å². The van der Waals surface area contributed by atoms with Gasteiger partial charge >= 0.3 is 6.03 Å². The van der Waals surface area contributed by atoms with E-state index in [1.807, 2.05) is 0 Å². The van der Waals surface area contributed by atoms with Crippen molar-refractivity contribution in [3.63, 3.8) is 0 Å². The minimum Gasteiger partial charge on any atom is -0.497 e. The number of urea groups is 1. The van der Waals surface area contributed by atoms with E-state index < -0.39 is 12.1 Å². The fraction of sp³-hybridized carbons (Fsp3) is 0.222. The van der Waals surface area contributed by atoms with Gasteiger partial charge in [-0.1, -0.05) is 0 Å². The fourth-order valence-electron chi connectivity index (χ4n) is 2.69. The van der Waals surface area contributed by atoms with Gasteiger partial charge in [0.15, 0.2) is 0 Å². The van der Waals surface area contributed by atoms with Crippen LogP contribution in [0.25, 0.3) is 0 Å². The third-order valence-electron chi connectivity index (χ3n) is 4.00. The Kier molecular flexibility index (Phi) is 4.83. The Morgan fingerprint density at radius 1 is 1.16 bits per heavy atom. The molecule has 0 bridgehead atoms. The molecule has 1 fully saturated rings. The molecule has 0 radical (unpaired) electrons. The molecule has 2 aromatic rings. The zero-order chi connectivity index (χ0) is 17.8. The number of carbonyl (C=O) groups excluding carboxylic acids is 2. The lowest BCUT2D eigenvalue weighted by atomic mass is 10.2. The normalized spacial score (nSPS) is 16.6. The van der Waals surface area contributed by atoms with Gasteiger partial charge in [-0.25, -0.2) is 9.18 Å². The molecule has 7 heteroatoms. The zero-order valence-corrected chi connectivity index (χ0v) is 13.7. The van der Waals surface area contributed by atoms with E-state index in [1.54, 1.807) is 43.5 Å². The Morgan fingerprint density at radius 3 is 2.48 bits per heavy atom. The van der Waals surface area contributed by atoms with Gasteiger partial charge in [0.25, 0.3) is 0 Å². The lowest BCUT2D eigenvalue weighted by Gasteiger charge is -2.17. The number of amides is 3. The van der Waals surface area contributed by atoms with Crippen molar-refractivity contribution in [3.8, 4) is 5.75 Å². The van der Waals surface area contributed by atoms with Crippen molar-refractivity contribution in [2.45, 2.75) is 12.5 Å². The Balaban J connectivity index is 1.58. The average molecular weight is 343 g/mol. The molecule has 2 aromatic carbocycles. The highest BCUT2D eigenvalue weighted by Gasteiger charge is 2.33. The molecule has 1 heterocycles. The van der Waals surface area contributed by atoms with Crippen molar-refractivity contribution in [2.24, 2.45) is 0 Å². The first kappa shape index (κ1) is 16.8. The van der Waals surface area contributed by atoms with Crippen LogP contribution in [0.1, 0.15) is 6.42 Å². The van der Waals surface area contributed by atoms with Crippen molar-refractivity contribution < 1.29 is 18.7 Å². The minimum atomic E-state index is -0.608. The number of methoxy groups -OCH3 is 1. The quantitative estimate of drug-likeness (QED) is 0.897. The van der Waals surface area contributed by atoms with E-state index in [2.05, 4.69) is 10.6 Å². The summed E-state index contributed by atoms with van der Waals surface area (Å²) in [5.41, 5.74) is 1.21. The predicted octanol–water partition coefficient (Wildman–Crippen LogP) is 2.76. The number of nitrogens with zero attached hydrogens (tertiary/aromatic N) is 1. The minimum absolute atomic E-state index is 0.212. The Hall–Kier alpha value is -3.09. The SMILES string of the molecule is COc1ccc(NC(=O)N[C@@H]2CCN(c3ccc(F)cc3)C2=O)cc1. The molecule has 0 saturated carbocycles. The molecule has 1 saturated heterocycles. The third kappa shape index (κ3) is 3.88. The van der Waals surface area contributed by atoms with Crippen molar-refractivity contribution in [1.29, 1.82) is 0 Å². The highest BCUT2D eigenvalue weighted by atomic mass is 19.1. The highest BCUT2D eigenvalue weighted by molar-refractivity contribution is 6.02. The summed E-state index contributed by atoms with van der Waals surface area (Å²) in [6.07, 6.45) is 0.492. The summed E-state index contributed by atoms with van der Waals surface area (Å²) in [5.74, 6) is 0.118. The number of rotatable bonds is 4. The summed E-state index contributed by atoms with van der Waals surface area (Å²) in [6, 6.07) is 11.5. The number of nitrogens with one attached hydrogen (secondary N) is 2. The van der Waals surface area contributed by atoms with Gasteiger partial charge in [-0.05, 0) is 55.0 Å². The lowest BCUT2D eigenvalue weighted by molar-refractivity contribution is -0.118. The molecule has 130 valence electrons. The van der Waals surface area contributed by atoms with E-state index in [9.17, 15) is 14.0 Å². The van der Waals surface area contributed by atoms with Gasteiger partial charge in [0.1, 0.15) is 17.6 Å². The molecule has 1 aliphatic heterocycles. The number of hydrogen-bond acceptors (Lipinski definition) is 3. The van der Waals surface area contributed by atoms with E-state index in [0.717, 1.165) is 0 Å². The van der Waals surface area contributed by atoms with Crippen LogP contribution in [0.3, 0.4) is 0 Å². The number of ether oxygens (including phenoxy) is 1. The van der Waals surface area contributed by atoms with E-state index in [-0.39, 0.29) is 11.7 Å². The fourth-order valence-corrected chi connectivity index (χ4v) is 2.69. The standard InChI is InChI=1S/C18H18FN3O3/c1-25-15-8-4-13(5-9-15)20-18(24)21-16-10-11-22(17(16)23)14-6-2-12(19)3-7-14/h2-9,16H,10-11H2,1H3,(H2,20,21,24)/t16-/m1/s1. The van der Waals surface area contributed by atoms with Gasteiger partial charge in [0, 0.05) is 17.9 Å². The van der Waals surface area contributed by atoms with Gasteiger partial charge in [-0.15, -0.1) is 0 Å². The summed E-state index contributed by atoms with van der Waals surface area (Å²) in [7, 11) is 1.56.